The fraction of sp³-hybridized carbons (Fsp3) is 0.385. The van der Waals surface area contributed by atoms with Crippen LogP contribution in [-0.2, 0) is 14.8 Å². The summed E-state index contributed by atoms with van der Waals surface area (Å²) in [6.45, 7) is 2.13. The van der Waals surface area contributed by atoms with Crippen molar-refractivity contribution in [3.63, 3.8) is 0 Å². The highest BCUT2D eigenvalue weighted by molar-refractivity contribution is 7.89. The van der Waals surface area contributed by atoms with Crippen molar-refractivity contribution < 1.29 is 17.6 Å². The second kappa shape index (κ2) is 6.37. The number of hydrogen-bond acceptors (Lipinski definition) is 6. The number of halogens is 2. The molecule has 1 atom stereocenters. The Bertz CT molecular complexity index is 824. The van der Waals surface area contributed by atoms with Gasteiger partial charge < -0.3 is 9.15 Å². The third kappa shape index (κ3) is 3.22. The lowest BCUT2D eigenvalue weighted by molar-refractivity contribution is -0.0176. The van der Waals surface area contributed by atoms with Gasteiger partial charge in [-0.15, -0.1) is 10.2 Å². The molecule has 0 amide bonds. The van der Waals surface area contributed by atoms with Gasteiger partial charge in [-0.25, -0.2) is 8.42 Å². The Kier molecular flexibility index (Phi) is 4.61. The average Bonchev–Trinajstić information content (AvgIpc) is 2.96. The topological polar surface area (TPSA) is 85.5 Å². The van der Waals surface area contributed by atoms with Gasteiger partial charge in [-0.3, -0.25) is 0 Å². The van der Waals surface area contributed by atoms with E-state index in [1.807, 2.05) is 0 Å². The van der Waals surface area contributed by atoms with E-state index < -0.39 is 16.1 Å². The van der Waals surface area contributed by atoms with E-state index in [0.29, 0.717) is 5.89 Å². The first-order valence-electron chi connectivity index (χ1n) is 6.75. The van der Waals surface area contributed by atoms with E-state index in [1.165, 1.54) is 16.4 Å². The number of ether oxygens (including phenoxy) is 1. The maximum absolute atomic E-state index is 12.8. The molecule has 0 radical (unpaired) electrons. The fourth-order valence-corrected chi connectivity index (χ4v) is 4.42. The van der Waals surface area contributed by atoms with Gasteiger partial charge in [-0.1, -0.05) is 29.3 Å². The number of morpholine rings is 1. The molecule has 0 aliphatic carbocycles. The van der Waals surface area contributed by atoms with Gasteiger partial charge in [0.05, 0.1) is 16.7 Å². The van der Waals surface area contributed by atoms with Crippen molar-refractivity contribution in [2.24, 2.45) is 0 Å². The van der Waals surface area contributed by atoms with E-state index in [9.17, 15) is 8.42 Å². The summed E-state index contributed by atoms with van der Waals surface area (Å²) >= 11 is 12.0. The number of aromatic nitrogens is 2. The van der Waals surface area contributed by atoms with Gasteiger partial charge in [0.15, 0.2) is 0 Å². The first kappa shape index (κ1) is 16.7. The zero-order chi connectivity index (χ0) is 16.6. The predicted molar refractivity (Wildman–Crippen MR) is 82.9 cm³/mol. The fourth-order valence-electron chi connectivity index (χ4n) is 2.26. The molecule has 2 aromatic rings. The van der Waals surface area contributed by atoms with E-state index in [0.717, 1.165) is 0 Å². The predicted octanol–water partition coefficient (Wildman–Crippen LogP) is 2.45. The largest absolute Gasteiger partial charge is 0.423 e. The van der Waals surface area contributed by atoms with Crippen LogP contribution in [-0.4, -0.2) is 42.6 Å². The molecule has 1 unspecified atom stereocenters. The van der Waals surface area contributed by atoms with Crippen LogP contribution in [0.4, 0.5) is 0 Å². The molecule has 2 heterocycles. The molecule has 3 rings (SSSR count). The number of aryl methyl sites for hydroxylation is 1. The Morgan fingerprint density at radius 1 is 1.30 bits per heavy atom. The van der Waals surface area contributed by atoms with Gasteiger partial charge in [0, 0.05) is 20.0 Å². The Balaban J connectivity index is 1.89. The number of sulfonamides is 1. The summed E-state index contributed by atoms with van der Waals surface area (Å²) in [7, 11) is -3.80. The lowest BCUT2D eigenvalue weighted by Gasteiger charge is -2.30. The Morgan fingerprint density at radius 3 is 2.78 bits per heavy atom. The van der Waals surface area contributed by atoms with Crippen molar-refractivity contribution in [1.29, 1.82) is 0 Å². The molecule has 1 aromatic heterocycles. The normalized spacial score (nSPS) is 19.9. The number of rotatable bonds is 3. The maximum atomic E-state index is 12.8. The molecule has 0 saturated carbocycles. The second-order valence-electron chi connectivity index (χ2n) is 4.93. The number of nitrogens with zero attached hydrogens (tertiary/aromatic N) is 3. The van der Waals surface area contributed by atoms with Crippen molar-refractivity contribution >= 4 is 33.2 Å². The van der Waals surface area contributed by atoms with Crippen molar-refractivity contribution in [2.45, 2.75) is 17.9 Å². The molecule has 23 heavy (non-hydrogen) atoms. The summed E-state index contributed by atoms with van der Waals surface area (Å²) in [5, 5.41) is 7.80. The molecule has 1 saturated heterocycles. The second-order valence-corrected chi connectivity index (χ2v) is 7.63. The van der Waals surface area contributed by atoms with Crippen molar-refractivity contribution in [3.05, 3.63) is 40.0 Å². The summed E-state index contributed by atoms with van der Waals surface area (Å²) < 4.78 is 37.7. The summed E-state index contributed by atoms with van der Waals surface area (Å²) in [5.41, 5.74) is 0. The van der Waals surface area contributed by atoms with E-state index in [4.69, 9.17) is 32.4 Å². The molecule has 0 bridgehead atoms. The van der Waals surface area contributed by atoms with Gasteiger partial charge >= 0.3 is 0 Å². The molecule has 10 heteroatoms. The number of hydrogen-bond donors (Lipinski definition) is 0. The van der Waals surface area contributed by atoms with Gasteiger partial charge in [0.25, 0.3) is 0 Å². The SMILES string of the molecule is Cc1nnc(C2CN(S(=O)(=O)c3cccc(Cl)c3Cl)CCO2)o1. The molecule has 0 N–H and O–H groups in total. The van der Waals surface area contributed by atoms with Crippen molar-refractivity contribution in [1.82, 2.24) is 14.5 Å². The smallest absolute Gasteiger partial charge is 0.246 e. The van der Waals surface area contributed by atoms with Crippen LogP contribution < -0.4 is 0 Å². The van der Waals surface area contributed by atoms with Crippen molar-refractivity contribution in [3.8, 4) is 0 Å². The summed E-state index contributed by atoms with van der Waals surface area (Å²) in [6, 6.07) is 4.50. The first-order chi connectivity index (χ1) is 10.9. The van der Waals surface area contributed by atoms with E-state index >= 15 is 0 Å². The average molecular weight is 378 g/mol. The van der Waals surface area contributed by atoms with E-state index in [-0.39, 0.29) is 40.5 Å². The summed E-state index contributed by atoms with van der Waals surface area (Å²) in [6.07, 6.45) is -0.613. The highest BCUT2D eigenvalue weighted by atomic mass is 35.5. The lowest BCUT2D eigenvalue weighted by atomic mass is 10.3. The molecule has 124 valence electrons. The Labute approximate surface area is 143 Å². The minimum absolute atomic E-state index is 0.00541. The van der Waals surface area contributed by atoms with Crippen LogP contribution in [0.15, 0.2) is 27.5 Å². The number of benzene rings is 1. The van der Waals surface area contributed by atoms with Crippen LogP contribution >= 0.6 is 23.2 Å². The third-order valence-electron chi connectivity index (χ3n) is 3.38. The molecule has 1 fully saturated rings. The van der Waals surface area contributed by atoms with Crippen LogP contribution in [0.2, 0.25) is 10.0 Å². The highest BCUT2D eigenvalue weighted by Crippen LogP contribution is 2.33. The van der Waals surface area contributed by atoms with E-state index in [2.05, 4.69) is 10.2 Å². The Morgan fingerprint density at radius 2 is 2.09 bits per heavy atom. The van der Waals surface area contributed by atoms with Gasteiger partial charge in [-0.2, -0.15) is 4.31 Å². The van der Waals surface area contributed by atoms with Crippen molar-refractivity contribution in [2.75, 3.05) is 19.7 Å². The molecule has 1 aliphatic heterocycles. The lowest BCUT2D eigenvalue weighted by Crippen LogP contribution is -2.42. The van der Waals surface area contributed by atoms with E-state index in [1.54, 1.807) is 13.0 Å². The molecule has 1 aromatic carbocycles. The van der Waals surface area contributed by atoms with Gasteiger partial charge in [-0.05, 0) is 12.1 Å². The minimum Gasteiger partial charge on any atom is -0.423 e. The van der Waals surface area contributed by atoms with Crippen LogP contribution in [0.1, 0.15) is 17.9 Å². The van der Waals surface area contributed by atoms with Crippen LogP contribution in [0, 0.1) is 6.92 Å². The molecule has 7 nitrogen and oxygen atoms in total. The van der Waals surface area contributed by atoms with Gasteiger partial charge in [0.1, 0.15) is 11.0 Å². The van der Waals surface area contributed by atoms with Crippen LogP contribution in [0.25, 0.3) is 0 Å². The molecular formula is C13H13Cl2N3O4S. The van der Waals surface area contributed by atoms with Crippen LogP contribution in [0.3, 0.4) is 0 Å². The van der Waals surface area contributed by atoms with Gasteiger partial charge in [0.2, 0.25) is 21.8 Å². The quantitative estimate of drug-likeness (QED) is 0.816. The monoisotopic (exact) mass is 377 g/mol. The third-order valence-corrected chi connectivity index (χ3v) is 6.22. The van der Waals surface area contributed by atoms with Crippen LogP contribution in [0.5, 0.6) is 0 Å². The first-order valence-corrected chi connectivity index (χ1v) is 8.95. The Hall–Kier alpha value is -1.19. The molecule has 0 spiro atoms. The summed E-state index contributed by atoms with van der Waals surface area (Å²) in [5.74, 6) is 0.640. The molecular weight excluding hydrogens is 365 g/mol. The molecule has 1 aliphatic rings. The standard InChI is InChI=1S/C13H13Cl2N3O4S/c1-8-16-17-13(22-8)10-7-18(5-6-21-10)23(19,20)11-4-2-3-9(14)12(11)15/h2-4,10H,5-7H2,1H3. The zero-order valence-corrected chi connectivity index (χ0v) is 14.4. The highest BCUT2D eigenvalue weighted by Gasteiger charge is 2.35. The maximum Gasteiger partial charge on any atom is 0.246 e. The summed E-state index contributed by atoms with van der Waals surface area (Å²) in [4.78, 5) is -0.0333. The zero-order valence-electron chi connectivity index (χ0n) is 12.1. The minimum atomic E-state index is -3.80.